The Morgan fingerprint density at radius 2 is 1.74 bits per heavy atom. The number of ether oxygens (including phenoxy) is 3. The average molecular weight is 469 g/mol. The van der Waals surface area contributed by atoms with Crippen LogP contribution in [0.1, 0.15) is 29.9 Å². The predicted molar refractivity (Wildman–Crippen MR) is 122 cm³/mol. The average Bonchev–Trinajstić information content (AvgIpc) is 3.43. The maximum absolute atomic E-state index is 12.5. The molecule has 3 unspecified atom stereocenters. The van der Waals surface area contributed by atoms with Crippen molar-refractivity contribution in [2.45, 2.75) is 37.0 Å². The van der Waals surface area contributed by atoms with Crippen LogP contribution < -0.4 is 10.6 Å². The topological polar surface area (TPSA) is 123 Å². The zero-order chi connectivity index (χ0) is 24.1. The first-order valence-electron chi connectivity index (χ1n) is 11.3. The third-order valence-electron chi connectivity index (χ3n) is 6.26. The number of carbonyl (C=O) groups excluding carboxylic acids is 2. The molecule has 2 aliphatic rings. The lowest BCUT2D eigenvalue weighted by Crippen LogP contribution is -2.48. The number of carboxylic acids is 1. The van der Waals surface area contributed by atoms with Gasteiger partial charge in [-0.3, -0.25) is 4.79 Å². The van der Waals surface area contributed by atoms with Crippen molar-refractivity contribution >= 4 is 18.0 Å². The minimum absolute atomic E-state index is 0.0357. The van der Waals surface area contributed by atoms with Gasteiger partial charge in [0, 0.05) is 32.6 Å². The quantitative estimate of drug-likeness (QED) is 0.516. The highest BCUT2D eigenvalue weighted by atomic mass is 16.5. The number of rotatable bonds is 9. The molecule has 2 aromatic carbocycles. The molecule has 3 N–H and O–H groups in total. The lowest BCUT2D eigenvalue weighted by Gasteiger charge is -2.21. The highest BCUT2D eigenvalue weighted by Crippen LogP contribution is 2.44. The Hall–Kier alpha value is -3.43. The van der Waals surface area contributed by atoms with Crippen molar-refractivity contribution in [2.75, 3.05) is 26.9 Å². The number of alkyl carbamates (subject to hydrolysis) is 1. The fourth-order valence-corrected chi connectivity index (χ4v) is 4.57. The lowest BCUT2D eigenvalue weighted by molar-refractivity contribution is -0.148. The molecule has 2 aromatic rings. The number of benzene rings is 2. The number of fused-ring (bicyclic) bond motifs is 3. The SMILES string of the molecule is COC(CCNC(=O)OCC1c2ccccc2-c2ccccc21)C(=O)NC1CCOC1C(=O)O. The molecule has 1 fully saturated rings. The third kappa shape index (κ3) is 5.05. The van der Waals surface area contributed by atoms with Crippen molar-refractivity contribution < 1.29 is 33.7 Å². The molecule has 180 valence electrons. The van der Waals surface area contributed by atoms with Crippen molar-refractivity contribution in [3.8, 4) is 11.1 Å². The minimum atomic E-state index is -1.12. The Kier molecular flexibility index (Phi) is 7.44. The smallest absolute Gasteiger partial charge is 0.407 e. The van der Waals surface area contributed by atoms with E-state index in [1.54, 1.807) is 0 Å². The molecule has 4 rings (SSSR count). The van der Waals surface area contributed by atoms with Crippen LogP contribution in [0.2, 0.25) is 0 Å². The summed E-state index contributed by atoms with van der Waals surface area (Å²) in [6.07, 6.45) is -1.87. The Bertz CT molecular complexity index is 1010. The van der Waals surface area contributed by atoms with E-state index in [4.69, 9.17) is 19.3 Å². The summed E-state index contributed by atoms with van der Waals surface area (Å²) < 4.78 is 15.9. The second-order valence-corrected chi connectivity index (χ2v) is 8.30. The summed E-state index contributed by atoms with van der Waals surface area (Å²) in [5.74, 6) is -1.60. The molecular weight excluding hydrogens is 440 g/mol. The highest BCUT2D eigenvalue weighted by Gasteiger charge is 2.36. The monoisotopic (exact) mass is 468 g/mol. The fourth-order valence-electron chi connectivity index (χ4n) is 4.57. The van der Waals surface area contributed by atoms with Crippen LogP contribution in [-0.4, -0.2) is 68.2 Å². The maximum Gasteiger partial charge on any atom is 0.407 e. The summed E-state index contributed by atoms with van der Waals surface area (Å²) in [6, 6.07) is 15.6. The Morgan fingerprint density at radius 1 is 1.09 bits per heavy atom. The van der Waals surface area contributed by atoms with Gasteiger partial charge in [-0.1, -0.05) is 48.5 Å². The number of hydrogen-bond acceptors (Lipinski definition) is 6. The third-order valence-corrected chi connectivity index (χ3v) is 6.26. The van der Waals surface area contributed by atoms with Crippen LogP contribution >= 0.6 is 0 Å². The summed E-state index contributed by atoms with van der Waals surface area (Å²) in [7, 11) is 1.39. The highest BCUT2D eigenvalue weighted by molar-refractivity contribution is 5.83. The molecular formula is C25H28N2O7. The molecule has 1 heterocycles. The van der Waals surface area contributed by atoms with Gasteiger partial charge in [-0.15, -0.1) is 0 Å². The van der Waals surface area contributed by atoms with Crippen molar-refractivity contribution in [2.24, 2.45) is 0 Å². The van der Waals surface area contributed by atoms with Gasteiger partial charge in [0.2, 0.25) is 5.91 Å². The van der Waals surface area contributed by atoms with E-state index in [0.29, 0.717) is 6.42 Å². The number of amides is 2. The van der Waals surface area contributed by atoms with E-state index in [2.05, 4.69) is 22.8 Å². The molecule has 2 amide bonds. The number of methoxy groups -OCH3 is 1. The zero-order valence-corrected chi connectivity index (χ0v) is 18.9. The van der Waals surface area contributed by atoms with E-state index in [1.807, 2.05) is 36.4 Å². The van der Waals surface area contributed by atoms with E-state index in [-0.39, 0.29) is 32.1 Å². The van der Waals surface area contributed by atoms with E-state index in [1.165, 1.54) is 7.11 Å². The number of hydrogen-bond donors (Lipinski definition) is 3. The minimum Gasteiger partial charge on any atom is -0.479 e. The largest absolute Gasteiger partial charge is 0.479 e. The summed E-state index contributed by atoms with van der Waals surface area (Å²) in [5, 5.41) is 14.5. The standard InChI is InChI=1S/C25H28N2O7/c1-32-21(23(28)27-20-11-13-33-22(20)24(29)30)10-12-26-25(31)34-14-19-17-8-4-2-6-15(17)16-7-3-5-9-18(16)19/h2-9,19-22H,10-14H2,1H3,(H,26,31)(H,27,28)(H,29,30). The summed E-state index contributed by atoms with van der Waals surface area (Å²) >= 11 is 0. The molecule has 3 atom stereocenters. The second-order valence-electron chi connectivity index (χ2n) is 8.30. The van der Waals surface area contributed by atoms with Gasteiger partial charge in [-0.2, -0.15) is 0 Å². The van der Waals surface area contributed by atoms with Crippen LogP contribution in [0.15, 0.2) is 48.5 Å². The predicted octanol–water partition coefficient (Wildman–Crippen LogP) is 2.29. The van der Waals surface area contributed by atoms with Gasteiger partial charge >= 0.3 is 12.1 Å². The molecule has 1 aliphatic carbocycles. The van der Waals surface area contributed by atoms with Gasteiger partial charge in [0.15, 0.2) is 6.10 Å². The van der Waals surface area contributed by atoms with Crippen LogP contribution in [0.3, 0.4) is 0 Å². The van der Waals surface area contributed by atoms with Crippen LogP contribution in [0.5, 0.6) is 0 Å². The van der Waals surface area contributed by atoms with Gasteiger partial charge < -0.3 is 30.0 Å². The first-order valence-corrected chi connectivity index (χ1v) is 11.3. The molecule has 34 heavy (non-hydrogen) atoms. The Morgan fingerprint density at radius 3 is 2.35 bits per heavy atom. The van der Waals surface area contributed by atoms with Crippen LogP contribution in [0, 0.1) is 0 Å². The van der Waals surface area contributed by atoms with Crippen LogP contribution in [-0.2, 0) is 23.8 Å². The van der Waals surface area contributed by atoms with Gasteiger partial charge in [0.1, 0.15) is 12.7 Å². The van der Waals surface area contributed by atoms with Crippen molar-refractivity contribution in [1.29, 1.82) is 0 Å². The van der Waals surface area contributed by atoms with Crippen molar-refractivity contribution in [3.05, 3.63) is 59.7 Å². The number of carboxylic acid groups (broad SMARTS) is 1. The van der Waals surface area contributed by atoms with Gasteiger partial charge in [0.05, 0.1) is 6.04 Å². The van der Waals surface area contributed by atoms with Crippen molar-refractivity contribution in [1.82, 2.24) is 10.6 Å². The molecule has 0 spiro atoms. The number of nitrogens with one attached hydrogen (secondary N) is 2. The van der Waals surface area contributed by atoms with Gasteiger partial charge in [-0.25, -0.2) is 9.59 Å². The van der Waals surface area contributed by atoms with Crippen molar-refractivity contribution in [3.63, 3.8) is 0 Å². The van der Waals surface area contributed by atoms with E-state index in [9.17, 15) is 14.4 Å². The second kappa shape index (κ2) is 10.7. The summed E-state index contributed by atoms with van der Waals surface area (Å²) in [6.45, 7) is 0.626. The molecule has 1 aliphatic heterocycles. The molecule has 0 aromatic heterocycles. The van der Waals surface area contributed by atoms with E-state index < -0.39 is 36.2 Å². The lowest BCUT2D eigenvalue weighted by atomic mass is 9.98. The van der Waals surface area contributed by atoms with E-state index >= 15 is 0 Å². The normalized spacial score (nSPS) is 19.7. The van der Waals surface area contributed by atoms with E-state index in [0.717, 1.165) is 22.3 Å². The Labute approximate surface area is 197 Å². The molecule has 9 heteroatoms. The first-order chi connectivity index (χ1) is 16.5. The fraction of sp³-hybridized carbons (Fsp3) is 0.400. The maximum atomic E-state index is 12.5. The molecule has 0 bridgehead atoms. The van der Waals surface area contributed by atoms with Gasteiger partial charge in [0.25, 0.3) is 0 Å². The molecule has 0 radical (unpaired) electrons. The van der Waals surface area contributed by atoms with Crippen LogP contribution in [0.25, 0.3) is 11.1 Å². The number of carbonyl (C=O) groups is 3. The summed E-state index contributed by atoms with van der Waals surface area (Å²) in [5.41, 5.74) is 4.56. The summed E-state index contributed by atoms with van der Waals surface area (Å²) in [4.78, 5) is 36.0. The first kappa shape index (κ1) is 23.7. The number of aliphatic carboxylic acids is 1. The van der Waals surface area contributed by atoms with Crippen LogP contribution in [0.4, 0.5) is 4.79 Å². The zero-order valence-electron chi connectivity index (χ0n) is 18.9. The molecule has 1 saturated heterocycles. The van der Waals surface area contributed by atoms with Gasteiger partial charge in [-0.05, 0) is 28.7 Å². The Balaban J connectivity index is 1.25. The molecule has 9 nitrogen and oxygen atoms in total. The molecule has 0 saturated carbocycles.